The van der Waals surface area contributed by atoms with Gasteiger partial charge in [-0.3, -0.25) is 4.99 Å². The van der Waals surface area contributed by atoms with Crippen LogP contribution in [0.25, 0.3) is 0 Å². The monoisotopic (exact) mass is 245 g/mol. The predicted molar refractivity (Wildman–Crippen MR) is 76.2 cm³/mol. The molecule has 0 aromatic heterocycles. The molecule has 3 nitrogen and oxygen atoms in total. The first-order valence-corrected chi connectivity index (χ1v) is 7.14. The number of hydrogen-bond donors (Lipinski definition) is 2. The Morgan fingerprint density at radius 3 is 2.06 bits per heavy atom. The second-order valence-corrected chi connectivity index (χ2v) is 6.44. The molecule has 0 aliphatic rings. The average Bonchev–Trinajstić information content (AvgIpc) is 2.18. The molecule has 0 rings (SSSR count). The fourth-order valence-corrected chi connectivity index (χ4v) is 2.25. The second-order valence-electron chi connectivity index (χ2n) is 5.17. The van der Waals surface area contributed by atoms with E-state index in [-0.39, 0.29) is 10.3 Å². The van der Waals surface area contributed by atoms with Gasteiger partial charge in [0.25, 0.3) is 0 Å². The summed E-state index contributed by atoms with van der Waals surface area (Å²) in [5, 5.41) is 3.18. The Balaban J connectivity index is 4.44. The van der Waals surface area contributed by atoms with Crippen LogP contribution >= 0.6 is 11.8 Å². The molecule has 0 aliphatic carbocycles. The van der Waals surface area contributed by atoms with Crippen molar-refractivity contribution in [3.05, 3.63) is 0 Å². The number of hydrogen-bond acceptors (Lipinski definition) is 2. The number of rotatable bonds is 5. The maximum absolute atomic E-state index is 5.86. The lowest BCUT2D eigenvalue weighted by atomic mass is 10.0. The van der Waals surface area contributed by atoms with Gasteiger partial charge in [-0.25, -0.2) is 0 Å². The van der Waals surface area contributed by atoms with E-state index in [4.69, 9.17) is 5.73 Å². The Kier molecular flexibility index (Phi) is 6.23. The lowest BCUT2D eigenvalue weighted by molar-refractivity contribution is 0.504. The van der Waals surface area contributed by atoms with Gasteiger partial charge in [0.15, 0.2) is 5.96 Å². The van der Waals surface area contributed by atoms with Gasteiger partial charge in [0.2, 0.25) is 0 Å². The molecule has 0 heterocycles. The van der Waals surface area contributed by atoms with Crippen molar-refractivity contribution in [3.8, 4) is 0 Å². The molecule has 0 aromatic carbocycles. The van der Waals surface area contributed by atoms with Crippen LogP contribution in [0.1, 0.15) is 47.5 Å². The summed E-state index contributed by atoms with van der Waals surface area (Å²) < 4.78 is 0.240. The topological polar surface area (TPSA) is 50.4 Å². The Morgan fingerprint density at radius 2 is 1.75 bits per heavy atom. The van der Waals surface area contributed by atoms with Crippen molar-refractivity contribution in [2.45, 2.75) is 57.7 Å². The molecule has 0 amide bonds. The average molecular weight is 245 g/mol. The van der Waals surface area contributed by atoms with Crippen LogP contribution in [-0.2, 0) is 0 Å². The minimum Gasteiger partial charge on any atom is -0.370 e. The Labute approximate surface area is 105 Å². The van der Waals surface area contributed by atoms with E-state index >= 15 is 0 Å². The van der Waals surface area contributed by atoms with Gasteiger partial charge in [-0.1, -0.05) is 13.8 Å². The standard InChI is InChI=1S/C12H27N3S/c1-7-12(8-2,16-6)9-14-10(13)15-11(3,4)5/h7-9H2,1-6H3,(H3,13,14,15). The quantitative estimate of drug-likeness (QED) is 0.578. The largest absolute Gasteiger partial charge is 0.370 e. The third-order valence-electron chi connectivity index (χ3n) is 2.76. The second kappa shape index (κ2) is 6.38. The molecule has 0 fully saturated rings. The molecular weight excluding hydrogens is 218 g/mol. The normalized spacial score (nSPS) is 14.0. The molecule has 0 atom stereocenters. The van der Waals surface area contributed by atoms with Crippen LogP contribution in [0.15, 0.2) is 4.99 Å². The molecular formula is C12H27N3S. The highest BCUT2D eigenvalue weighted by Gasteiger charge is 2.24. The van der Waals surface area contributed by atoms with E-state index in [2.05, 4.69) is 51.2 Å². The number of thioether (sulfide) groups is 1. The summed E-state index contributed by atoms with van der Waals surface area (Å²) in [6, 6.07) is 0. The zero-order valence-corrected chi connectivity index (χ0v) is 12.4. The smallest absolute Gasteiger partial charge is 0.189 e. The number of nitrogens with two attached hydrogens (primary N) is 1. The van der Waals surface area contributed by atoms with Gasteiger partial charge >= 0.3 is 0 Å². The predicted octanol–water partition coefficient (Wildman–Crippen LogP) is 2.61. The van der Waals surface area contributed by atoms with E-state index in [0.717, 1.165) is 19.4 Å². The van der Waals surface area contributed by atoms with Gasteiger partial charge in [-0.05, 0) is 39.9 Å². The molecule has 0 radical (unpaired) electrons. The van der Waals surface area contributed by atoms with Gasteiger partial charge in [-0.2, -0.15) is 11.8 Å². The number of nitrogens with zero attached hydrogens (tertiary/aromatic N) is 1. The summed E-state index contributed by atoms with van der Waals surface area (Å²) in [5.41, 5.74) is 5.84. The van der Waals surface area contributed by atoms with Crippen LogP contribution in [0.5, 0.6) is 0 Å². The lowest BCUT2D eigenvalue weighted by Crippen LogP contribution is -2.45. The number of aliphatic imine (C=N–C) groups is 1. The van der Waals surface area contributed by atoms with E-state index in [0.29, 0.717) is 5.96 Å². The SMILES string of the molecule is CCC(CC)(CN=C(N)NC(C)(C)C)SC. The molecule has 0 saturated carbocycles. The van der Waals surface area contributed by atoms with Crippen LogP contribution in [0.2, 0.25) is 0 Å². The van der Waals surface area contributed by atoms with E-state index in [9.17, 15) is 0 Å². The number of guanidine groups is 1. The Morgan fingerprint density at radius 1 is 1.25 bits per heavy atom. The van der Waals surface area contributed by atoms with Crippen molar-refractivity contribution < 1.29 is 0 Å². The first kappa shape index (κ1) is 15.6. The maximum Gasteiger partial charge on any atom is 0.189 e. The molecule has 0 saturated heterocycles. The molecule has 0 aliphatic heterocycles. The van der Waals surface area contributed by atoms with Crippen molar-refractivity contribution in [2.24, 2.45) is 10.7 Å². The summed E-state index contributed by atoms with van der Waals surface area (Å²) in [5.74, 6) is 0.549. The van der Waals surface area contributed by atoms with Crippen molar-refractivity contribution in [1.29, 1.82) is 0 Å². The molecule has 0 unspecified atom stereocenters. The van der Waals surface area contributed by atoms with Crippen molar-refractivity contribution in [1.82, 2.24) is 5.32 Å². The first-order valence-electron chi connectivity index (χ1n) is 5.92. The van der Waals surface area contributed by atoms with E-state index in [1.165, 1.54) is 0 Å². The molecule has 16 heavy (non-hydrogen) atoms. The summed E-state index contributed by atoms with van der Waals surface area (Å²) >= 11 is 1.89. The van der Waals surface area contributed by atoms with Gasteiger partial charge in [-0.15, -0.1) is 0 Å². The van der Waals surface area contributed by atoms with Gasteiger partial charge in [0.1, 0.15) is 0 Å². The zero-order chi connectivity index (χ0) is 12.8. The minimum atomic E-state index is -0.0198. The highest BCUT2D eigenvalue weighted by Crippen LogP contribution is 2.30. The molecule has 4 heteroatoms. The van der Waals surface area contributed by atoms with Crippen molar-refractivity contribution in [3.63, 3.8) is 0 Å². The fraction of sp³-hybridized carbons (Fsp3) is 0.917. The van der Waals surface area contributed by atoms with Crippen LogP contribution < -0.4 is 11.1 Å². The molecule has 0 bridgehead atoms. The molecule has 96 valence electrons. The van der Waals surface area contributed by atoms with E-state index < -0.39 is 0 Å². The van der Waals surface area contributed by atoms with Crippen molar-refractivity contribution in [2.75, 3.05) is 12.8 Å². The van der Waals surface area contributed by atoms with Gasteiger partial charge in [0, 0.05) is 10.3 Å². The highest BCUT2D eigenvalue weighted by molar-refractivity contribution is 8.00. The van der Waals surface area contributed by atoms with E-state index in [1.807, 2.05) is 11.8 Å². The number of nitrogens with one attached hydrogen (secondary N) is 1. The molecule has 3 N–H and O–H groups in total. The molecule has 0 aromatic rings. The van der Waals surface area contributed by atoms with Crippen molar-refractivity contribution >= 4 is 17.7 Å². The Hall–Kier alpha value is -0.380. The Bertz CT molecular complexity index is 219. The van der Waals surface area contributed by atoms with Gasteiger partial charge in [0.05, 0.1) is 6.54 Å². The summed E-state index contributed by atoms with van der Waals surface area (Å²) in [7, 11) is 0. The minimum absolute atomic E-state index is 0.0198. The van der Waals surface area contributed by atoms with Crippen LogP contribution in [-0.4, -0.2) is 29.0 Å². The third kappa shape index (κ3) is 5.64. The van der Waals surface area contributed by atoms with Crippen LogP contribution in [0.4, 0.5) is 0 Å². The maximum atomic E-state index is 5.86. The lowest BCUT2D eigenvalue weighted by Gasteiger charge is -2.28. The van der Waals surface area contributed by atoms with E-state index in [1.54, 1.807) is 0 Å². The summed E-state index contributed by atoms with van der Waals surface area (Å²) in [6.07, 6.45) is 4.39. The summed E-state index contributed by atoms with van der Waals surface area (Å²) in [4.78, 5) is 4.46. The highest BCUT2D eigenvalue weighted by atomic mass is 32.2. The zero-order valence-electron chi connectivity index (χ0n) is 11.6. The third-order valence-corrected chi connectivity index (χ3v) is 4.33. The molecule has 0 spiro atoms. The van der Waals surface area contributed by atoms with Crippen LogP contribution in [0.3, 0.4) is 0 Å². The van der Waals surface area contributed by atoms with Crippen LogP contribution in [0, 0.1) is 0 Å². The van der Waals surface area contributed by atoms with Gasteiger partial charge < -0.3 is 11.1 Å². The summed E-state index contributed by atoms with van der Waals surface area (Å²) in [6.45, 7) is 11.5. The first-order chi connectivity index (χ1) is 7.28. The fourth-order valence-electron chi connectivity index (χ4n) is 1.48.